The first kappa shape index (κ1) is 11.4. The zero-order valence-electron chi connectivity index (χ0n) is 9.47. The molecular weight excluding hydrogens is 266 g/mol. The lowest BCUT2D eigenvalue weighted by Crippen LogP contribution is -2.17. The fourth-order valence-electron chi connectivity index (χ4n) is 1.95. The summed E-state index contributed by atoms with van der Waals surface area (Å²) in [6.45, 7) is 0. The largest absolute Gasteiger partial charge is 0.312 e. The highest BCUT2D eigenvalue weighted by Gasteiger charge is 2.14. The summed E-state index contributed by atoms with van der Waals surface area (Å²) in [5.41, 5.74) is 1.42. The molecular formula is C13H13NS3. The highest BCUT2D eigenvalue weighted by molar-refractivity contribution is 7.26. The van der Waals surface area contributed by atoms with E-state index in [2.05, 4.69) is 39.7 Å². The summed E-state index contributed by atoms with van der Waals surface area (Å²) in [6, 6.07) is 7.20. The van der Waals surface area contributed by atoms with Crippen LogP contribution < -0.4 is 5.32 Å². The van der Waals surface area contributed by atoms with Gasteiger partial charge in [0.05, 0.1) is 0 Å². The SMILES string of the molecule is CNC(Cc1ccsc1)c1cc2sccc2s1. The van der Waals surface area contributed by atoms with Crippen molar-refractivity contribution in [3.8, 4) is 0 Å². The Balaban J connectivity index is 1.87. The van der Waals surface area contributed by atoms with Crippen LogP contribution in [0.25, 0.3) is 9.40 Å². The van der Waals surface area contributed by atoms with Crippen LogP contribution in [0.3, 0.4) is 0 Å². The van der Waals surface area contributed by atoms with Gasteiger partial charge in [-0.1, -0.05) is 0 Å². The maximum absolute atomic E-state index is 3.43. The average molecular weight is 279 g/mol. The Kier molecular flexibility index (Phi) is 3.29. The summed E-state index contributed by atoms with van der Waals surface area (Å²) in [6.07, 6.45) is 1.08. The molecule has 3 aromatic heterocycles. The zero-order valence-corrected chi connectivity index (χ0v) is 11.9. The van der Waals surface area contributed by atoms with Gasteiger partial charge in [-0.25, -0.2) is 0 Å². The fraction of sp³-hybridized carbons (Fsp3) is 0.231. The lowest BCUT2D eigenvalue weighted by molar-refractivity contribution is 0.603. The number of hydrogen-bond donors (Lipinski definition) is 1. The van der Waals surface area contributed by atoms with E-state index in [9.17, 15) is 0 Å². The van der Waals surface area contributed by atoms with Crippen LogP contribution in [-0.2, 0) is 6.42 Å². The van der Waals surface area contributed by atoms with Gasteiger partial charge in [0.1, 0.15) is 0 Å². The smallest absolute Gasteiger partial charge is 0.0454 e. The Morgan fingerprint density at radius 3 is 2.88 bits per heavy atom. The van der Waals surface area contributed by atoms with Crippen molar-refractivity contribution in [3.63, 3.8) is 0 Å². The normalized spacial score (nSPS) is 13.2. The van der Waals surface area contributed by atoms with Gasteiger partial charge in [0.15, 0.2) is 0 Å². The van der Waals surface area contributed by atoms with E-state index < -0.39 is 0 Å². The molecule has 1 nitrogen and oxygen atoms in total. The van der Waals surface area contributed by atoms with Crippen molar-refractivity contribution in [2.24, 2.45) is 0 Å². The predicted molar refractivity (Wildman–Crippen MR) is 79.5 cm³/mol. The van der Waals surface area contributed by atoms with Crippen LogP contribution in [-0.4, -0.2) is 7.05 Å². The molecule has 17 heavy (non-hydrogen) atoms. The topological polar surface area (TPSA) is 12.0 Å². The molecule has 1 N–H and O–H groups in total. The van der Waals surface area contributed by atoms with Crippen molar-refractivity contribution in [1.29, 1.82) is 0 Å². The van der Waals surface area contributed by atoms with Crippen LogP contribution in [0, 0.1) is 0 Å². The standard InChI is InChI=1S/C13H13NS3/c1-14-10(6-9-2-4-15-8-9)12-7-13-11(17-12)3-5-16-13/h2-5,7-8,10,14H,6H2,1H3. The minimum atomic E-state index is 0.439. The molecule has 0 spiro atoms. The van der Waals surface area contributed by atoms with Gasteiger partial charge in [0.2, 0.25) is 0 Å². The van der Waals surface area contributed by atoms with Crippen LogP contribution in [0.2, 0.25) is 0 Å². The van der Waals surface area contributed by atoms with Gasteiger partial charge in [-0.2, -0.15) is 11.3 Å². The third kappa shape index (κ3) is 2.31. The van der Waals surface area contributed by atoms with E-state index in [1.54, 1.807) is 11.3 Å². The van der Waals surface area contributed by atoms with E-state index in [-0.39, 0.29) is 0 Å². The Labute approximate surface area is 113 Å². The van der Waals surface area contributed by atoms with Crippen LogP contribution in [0.5, 0.6) is 0 Å². The van der Waals surface area contributed by atoms with Gasteiger partial charge < -0.3 is 5.32 Å². The van der Waals surface area contributed by atoms with E-state index in [0.29, 0.717) is 6.04 Å². The summed E-state index contributed by atoms with van der Waals surface area (Å²) in [7, 11) is 2.05. The van der Waals surface area contributed by atoms with E-state index >= 15 is 0 Å². The van der Waals surface area contributed by atoms with Gasteiger partial charge in [0, 0.05) is 20.3 Å². The van der Waals surface area contributed by atoms with Gasteiger partial charge in [-0.15, -0.1) is 22.7 Å². The second kappa shape index (κ2) is 4.90. The Morgan fingerprint density at radius 1 is 1.24 bits per heavy atom. The van der Waals surface area contributed by atoms with E-state index in [1.807, 2.05) is 29.7 Å². The molecule has 1 atom stereocenters. The first-order chi connectivity index (χ1) is 8.36. The summed E-state index contributed by atoms with van der Waals surface area (Å²) in [5, 5.41) is 9.98. The van der Waals surface area contributed by atoms with Gasteiger partial charge >= 0.3 is 0 Å². The number of likely N-dealkylation sites (N-methyl/N-ethyl adjacent to an activating group) is 1. The van der Waals surface area contributed by atoms with Crippen molar-refractivity contribution in [2.45, 2.75) is 12.5 Å². The molecule has 3 heterocycles. The molecule has 88 valence electrons. The molecule has 3 aromatic rings. The Morgan fingerprint density at radius 2 is 2.18 bits per heavy atom. The van der Waals surface area contributed by atoms with Gasteiger partial charge in [-0.3, -0.25) is 0 Å². The zero-order chi connectivity index (χ0) is 11.7. The molecule has 1 unspecified atom stereocenters. The highest BCUT2D eigenvalue weighted by atomic mass is 32.1. The van der Waals surface area contributed by atoms with Crippen LogP contribution in [0.15, 0.2) is 34.3 Å². The van der Waals surface area contributed by atoms with Gasteiger partial charge in [-0.05, 0) is 53.4 Å². The molecule has 0 fully saturated rings. The van der Waals surface area contributed by atoms with Crippen LogP contribution >= 0.6 is 34.0 Å². The number of rotatable bonds is 4. The van der Waals surface area contributed by atoms with Crippen LogP contribution in [0.4, 0.5) is 0 Å². The first-order valence-electron chi connectivity index (χ1n) is 5.52. The average Bonchev–Trinajstić information content (AvgIpc) is 3.01. The Bertz CT molecular complexity index is 563. The molecule has 0 bridgehead atoms. The molecule has 3 rings (SSSR count). The predicted octanol–water partition coefficient (Wildman–Crippen LogP) is 4.53. The summed E-state index contributed by atoms with van der Waals surface area (Å²) < 4.78 is 2.83. The molecule has 0 radical (unpaired) electrons. The van der Waals surface area contributed by atoms with Crippen molar-refractivity contribution in [3.05, 3.63) is 44.8 Å². The maximum Gasteiger partial charge on any atom is 0.0454 e. The summed E-state index contributed by atoms with van der Waals surface area (Å²) in [4.78, 5) is 1.44. The number of hydrogen-bond acceptors (Lipinski definition) is 4. The number of nitrogens with one attached hydrogen (secondary N) is 1. The number of thiophene rings is 3. The second-order valence-electron chi connectivity index (χ2n) is 3.97. The lowest BCUT2D eigenvalue weighted by Gasteiger charge is -2.13. The lowest BCUT2D eigenvalue weighted by atomic mass is 10.1. The minimum Gasteiger partial charge on any atom is -0.312 e. The van der Waals surface area contributed by atoms with E-state index in [4.69, 9.17) is 0 Å². The van der Waals surface area contributed by atoms with E-state index in [1.165, 1.54) is 19.8 Å². The van der Waals surface area contributed by atoms with Gasteiger partial charge in [0.25, 0.3) is 0 Å². The van der Waals surface area contributed by atoms with Crippen LogP contribution in [0.1, 0.15) is 16.5 Å². The van der Waals surface area contributed by atoms with Crippen molar-refractivity contribution in [2.75, 3.05) is 7.05 Å². The molecule has 0 aromatic carbocycles. The highest BCUT2D eigenvalue weighted by Crippen LogP contribution is 2.34. The minimum absolute atomic E-state index is 0.439. The molecule has 4 heteroatoms. The third-order valence-electron chi connectivity index (χ3n) is 2.87. The summed E-state index contributed by atoms with van der Waals surface area (Å²) >= 11 is 5.51. The van der Waals surface area contributed by atoms with E-state index in [0.717, 1.165) is 6.42 Å². The van der Waals surface area contributed by atoms with Crippen molar-refractivity contribution in [1.82, 2.24) is 5.32 Å². The quantitative estimate of drug-likeness (QED) is 0.740. The second-order valence-corrected chi connectivity index (χ2v) is 6.82. The van der Waals surface area contributed by atoms with Crippen molar-refractivity contribution < 1.29 is 0 Å². The third-order valence-corrected chi connectivity index (χ3v) is 5.81. The maximum atomic E-state index is 3.43. The first-order valence-corrected chi connectivity index (χ1v) is 8.16. The molecule has 0 aliphatic carbocycles. The number of fused-ring (bicyclic) bond motifs is 1. The molecule has 0 aliphatic heterocycles. The monoisotopic (exact) mass is 279 g/mol. The molecule has 0 amide bonds. The van der Waals surface area contributed by atoms with Crippen molar-refractivity contribution >= 4 is 43.4 Å². The molecule has 0 saturated carbocycles. The summed E-state index contributed by atoms with van der Waals surface area (Å²) in [5.74, 6) is 0. The molecule has 0 saturated heterocycles. The fourth-order valence-corrected chi connectivity index (χ4v) is 4.86. The molecule has 0 aliphatic rings. The Hall–Kier alpha value is -0.680.